The lowest BCUT2D eigenvalue weighted by Crippen LogP contribution is -2.11. The van der Waals surface area contributed by atoms with Gasteiger partial charge in [-0.3, -0.25) is 0 Å². The molecular weight excluding hydrogens is 300 g/mol. The van der Waals surface area contributed by atoms with E-state index in [1.807, 2.05) is 0 Å². The van der Waals surface area contributed by atoms with Gasteiger partial charge in [-0.05, 0) is 102 Å². The van der Waals surface area contributed by atoms with E-state index in [2.05, 4.69) is 50.2 Å². The monoisotopic (exact) mass is 322 g/mol. The highest BCUT2D eigenvalue weighted by Gasteiger charge is 2.32. The molecule has 0 unspecified atom stereocenters. The van der Waals surface area contributed by atoms with Crippen molar-refractivity contribution in [3.8, 4) is 22.3 Å². The van der Waals surface area contributed by atoms with Gasteiger partial charge in [0.2, 0.25) is 0 Å². The van der Waals surface area contributed by atoms with Crippen LogP contribution in [0, 0.1) is 13.8 Å². The second kappa shape index (κ2) is 4.64. The molecule has 0 atom stereocenters. The van der Waals surface area contributed by atoms with Gasteiger partial charge in [-0.25, -0.2) is 0 Å². The van der Waals surface area contributed by atoms with E-state index in [-0.39, 0.29) is 0 Å². The van der Waals surface area contributed by atoms with Crippen molar-refractivity contribution in [3.63, 3.8) is 0 Å². The lowest BCUT2D eigenvalue weighted by molar-refractivity contribution is 0.908. The molecule has 0 heteroatoms. The maximum atomic E-state index is 2.54. The van der Waals surface area contributed by atoms with E-state index in [0.717, 1.165) is 6.42 Å². The standard InChI is InChI=1S/C25H22/c1-14-3-7-20-16(9-14)6-8-21-22(20)12-18-5-4-17-10-15(2)11-19-13-23(21)25(18)24(17)19/h3,7,9-12H,4-6,8,13H2,1-2H3. The molecular formula is C25H22. The lowest BCUT2D eigenvalue weighted by Gasteiger charge is -2.27. The Morgan fingerprint density at radius 2 is 1.28 bits per heavy atom. The zero-order chi connectivity index (χ0) is 16.7. The van der Waals surface area contributed by atoms with Gasteiger partial charge < -0.3 is 0 Å². The number of hydrogen-bond donors (Lipinski definition) is 0. The van der Waals surface area contributed by atoms with Crippen LogP contribution in [0.2, 0.25) is 0 Å². The second-order valence-electron chi connectivity index (χ2n) is 8.21. The van der Waals surface area contributed by atoms with Gasteiger partial charge in [0, 0.05) is 0 Å². The zero-order valence-electron chi connectivity index (χ0n) is 15.0. The molecule has 0 N–H and O–H groups in total. The van der Waals surface area contributed by atoms with Crippen LogP contribution in [0.4, 0.5) is 0 Å². The zero-order valence-corrected chi connectivity index (χ0v) is 15.0. The average molecular weight is 322 g/mol. The Hall–Kier alpha value is -2.34. The van der Waals surface area contributed by atoms with E-state index >= 15 is 0 Å². The summed E-state index contributed by atoms with van der Waals surface area (Å²) in [7, 11) is 0. The fourth-order valence-electron chi connectivity index (χ4n) is 5.58. The molecule has 0 bridgehead atoms. The van der Waals surface area contributed by atoms with Crippen molar-refractivity contribution in [1.29, 1.82) is 0 Å². The molecule has 0 amide bonds. The third-order valence-corrected chi connectivity index (χ3v) is 6.55. The first-order valence-electron chi connectivity index (χ1n) is 9.59. The number of hydrogen-bond acceptors (Lipinski definition) is 0. The van der Waals surface area contributed by atoms with Crippen molar-refractivity contribution in [2.45, 2.75) is 46.0 Å². The Morgan fingerprint density at radius 1 is 0.560 bits per heavy atom. The summed E-state index contributed by atoms with van der Waals surface area (Å²) in [6, 6.07) is 14.4. The quantitative estimate of drug-likeness (QED) is 0.387. The van der Waals surface area contributed by atoms with Gasteiger partial charge in [0.1, 0.15) is 0 Å². The molecule has 0 aromatic heterocycles. The van der Waals surface area contributed by atoms with E-state index in [0.29, 0.717) is 0 Å². The first-order valence-corrected chi connectivity index (χ1v) is 9.59. The van der Waals surface area contributed by atoms with Crippen LogP contribution < -0.4 is 0 Å². The molecule has 0 heterocycles. The highest BCUT2D eigenvalue weighted by atomic mass is 14.4. The van der Waals surface area contributed by atoms with Crippen LogP contribution >= 0.6 is 0 Å². The van der Waals surface area contributed by atoms with Crippen LogP contribution in [-0.2, 0) is 32.1 Å². The van der Waals surface area contributed by atoms with Crippen LogP contribution in [0.15, 0.2) is 36.4 Å². The van der Waals surface area contributed by atoms with Gasteiger partial charge in [-0.1, -0.05) is 47.5 Å². The summed E-state index contributed by atoms with van der Waals surface area (Å²) >= 11 is 0. The third kappa shape index (κ3) is 1.78. The SMILES string of the molecule is Cc1ccc2c(c1)CCc1c-2cc2c3c1Cc1cc(C)cc(c1-3)CC2. The van der Waals surface area contributed by atoms with Gasteiger partial charge in [0.15, 0.2) is 0 Å². The Bertz CT molecular complexity index is 1080. The summed E-state index contributed by atoms with van der Waals surface area (Å²) in [5, 5.41) is 0. The second-order valence-corrected chi connectivity index (χ2v) is 8.21. The van der Waals surface area contributed by atoms with E-state index in [4.69, 9.17) is 0 Å². The van der Waals surface area contributed by atoms with Gasteiger partial charge in [-0.15, -0.1) is 0 Å². The predicted octanol–water partition coefficient (Wildman–Crippen LogP) is 5.74. The molecule has 0 nitrogen and oxygen atoms in total. The van der Waals surface area contributed by atoms with Crippen LogP contribution in [0.5, 0.6) is 0 Å². The highest BCUT2D eigenvalue weighted by molar-refractivity contribution is 5.89. The van der Waals surface area contributed by atoms with Crippen molar-refractivity contribution in [2.75, 3.05) is 0 Å². The summed E-state index contributed by atoms with van der Waals surface area (Å²) < 4.78 is 0. The van der Waals surface area contributed by atoms with Crippen LogP contribution in [0.3, 0.4) is 0 Å². The maximum Gasteiger partial charge on any atom is -0.00102 e. The smallest absolute Gasteiger partial charge is 0.00102 e. The van der Waals surface area contributed by atoms with Crippen LogP contribution in [0.1, 0.15) is 44.5 Å². The summed E-state index contributed by atoms with van der Waals surface area (Å²) in [5.74, 6) is 0. The molecule has 6 rings (SSSR count). The molecule has 122 valence electrons. The fraction of sp³-hybridized carbons (Fsp3) is 0.280. The number of rotatable bonds is 0. The summed E-state index contributed by atoms with van der Waals surface area (Å²) in [6.45, 7) is 4.46. The predicted molar refractivity (Wildman–Crippen MR) is 104 cm³/mol. The van der Waals surface area contributed by atoms with E-state index in [1.54, 1.807) is 44.5 Å². The third-order valence-electron chi connectivity index (χ3n) is 6.55. The Labute approximate surface area is 149 Å². The molecule has 0 spiro atoms. The average Bonchev–Trinajstić information content (AvgIpc) is 2.98. The number of fused-ring (bicyclic) bond motifs is 4. The van der Waals surface area contributed by atoms with Gasteiger partial charge in [0.05, 0.1) is 0 Å². The van der Waals surface area contributed by atoms with Crippen molar-refractivity contribution >= 4 is 0 Å². The molecule has 0 saturated heterocycles. The van der Waals surface area contributed by atoms with E-state index in [9.17, 15) is 0 Å². The maximum absolute atomic E-state index is 2.54. The molecule has 0 fully saturated rings. The Morgan fingerprint density at radius 3 is 2.16 bits per heavy atom. The van der Waals surface area contributed by atoms with Crippen molar-refractivity contribution in [1.82, 2.24) is 0 Å². The van der Waals surface area contributed by atoms with Gasteiger partial charge in [0.25, 0.3) is 0 Å². The van der Waals surface area contributed by atoms with Crippen LogP contribution in [0.25, 0.3) is 22.3 Å². The van der Waals surface area contributed by atoms with Crippen molar-refractivity contribution in [3.05, 3.63) is 80.9 Å². The topological polar surface area (TPSA) is 0 Å². The van der Waals surface area contributed by atoms with Crippen LogP contribution in [-0.4, -0.2) is 0 Å². The molecule has 0 radical (unpaired) electrons. The summed E-state index contributed by atoms with van der Waals surface area (Å²) in [4.78, 5) is 0. The number of benzene rings is 3. The van der Waals surface area contributed by atoms with E-state index < -0.39 is 0 Å². The fourth-order valence-corrected chi connectivity index (χ4v) is 5.58. The molecule has 25 heavy (non-hydrogen) atoms. The van der Waals surface area contributed by atoms with Gasteiger partial charge >= 0.3 is 0 Å². The lowest BCUT2D eigenvalue weighted by atomic mass is 9.77. The molecule has 0 aliphatic heterocycles. The Kier molecular flexibility index (Phi) is 2.58. The first kappa shape index (κ1) is 13.9. The minimum atomic E-state index is 1.15. The Balaban J connectivity index is 1.66. The highest BCUT2D eigenvalue weighted by Crippen LogP contribution is 2.50. The molecule has 3 aliphatic carbocycles. The van der Waals surface area contributed by atoms with Gasteiger partial charge in [-0.2, -0.15) is 0 Å². The number of aryl methyl sites for hydroxylation is 5. The summed E-state index contributed by atoms with van der Waals surface area (Å²) in [6.07, 6.45) is 5.95. The molecule has 0 saturated carbocycles. The van der Waals surface area contributed by atoms with E-state index in [1.165, 1.54) is 47.9 Å². The van der Waals surface area contributed by atoms with Crippen molar-refractivity contribution < 1.29 is 0 Å². The minimum absolute atomic E-state index is 1.15. The normalized spacial score (nSPS) is 15.6. The molecule has 3 aromatic carbocycles. The summed E-state index contributed by atoms with van der Waals surface area (Å²) in [5.41, 5.74) is 18.6. The minimum Gasteiger partial charge on any atom is -0.0587 e. The first-order chi connectivity index (χ1) is 12.2. The van der Waals surface area contributed by atoms with Crippen molar-refractivity contribution in [2.24, 2.45) is 0 Å². The molecule has 3 aliphatic rings. The largest absolute Gasteiger partial charge is 0.0587 e. The molecule has 3 aromatic rings.